The zero-order chi connectivity index (χ0) is 14.1. The number of aryl methyl sites for hydroxylation is 1. The van der Waals surface area contributed by atoms with E-state index in [1.54, 1.807) is 4.90 Å². The maximum absolute atomic E-state index is 12.3. The van der Waals surface area contributed by atoms with Gasteiger partial charge in [0.2, 0.25) is 0 Å². The fourth-order valence-electron chi connectivity index (χ4n) is 2.48. The number of hydrogen-bond acceptors (Lipinski definition) is 2. The molecular formula is C16H17N3O. The third kappa shape index (κ3) is 2.45. The van der Waals surface area contributed by atoms with E-state index in [-0.39, 0.29) is 6.03 Å². The Kier molecular flexibility index (Phi) is 3.06. The molecule has 2 aromatic rings. The van der Waals surface area contributed by atoms with Gasteiger partial charge in [-0.05, 0) is 47.9 Å². The SMILES string of the molecule is Cc1cccc(NC(=O)N2Cc3ccc(N)cc3C2)c1. The predicted octanol–water partition coefficient (Wildman–Crippen LogP) is 3.12. The second-order valence-corrected chi connectivity index (χ2v) is 5.18. The summed E-state index contributed by atoms with van der Waals surface area (Å²) in [5.41, 5.74) is 10.8. The van der Waals surface area contributed by atoms with Gasteiger partial charge in [0.05, 0.1) is 0 Å². The van der Waals surface area contributed by atoms with Gasteiger partial charge >= 0.3 is 6.03 Å². The number of amides is 2. The van der Waals surface area contributed by atoms with Crippen LogP contribution in [0, 0.1) is 6.92 Å². The highest BCUT2D eigenvalue weighted by Gasteiger charge is 2.23. The van der Waals surface area contributed by atoms with E-state index in [4.69, 9.17) is 5.73 Å². The smallest absolute Gasteiger partial charge is 0.322 e. The first-order valence-corrected chi connectivity index (χ1v) is 6.62. The van der Waals surface area contributed by atoms with Crippen molar-refractivity contribution in [3.8, 4) is 0 Å². The quantitative estimate of drug-likeness (QED) is 0.780. The molecule has 0 radical (unpaired) electrons. The summed E-state index contributed by atoms with van der Waals surface area (Å²) < 4.78 is 0. The van der Waals surface area contributed by atoms with Gasteiger partial charge in [-0.25, -0.2) is 4.79 Å². The Labute approximate surface area is 118 Å². The molecular weight excluding hydrogens is 250 g/mol. The lowest BCUT2D eigenvalue weighted by Gasteiger charge is -2.16. The highest BCUT2D eigenvalue weighted by atomic mass is 16.2. The molecule has 4 heteroatoms. The Bertz CT molecular complexity index is 667. The number of nitrogens with one attached hydrogen (secondary N) is 1. The summed E-state index contributed by atoms with van der Waals surface area (Å²) in [7, 11) is 0. The Balaban J connectivity index is 1.71. The molecule has 1 aliphatic rings. The normalized spacial score (nSPS) is 13.2. The Morgan fingerprint density at radius 3 is 2.75 bits per heavy atom. The number of rotatable bonds is 1. The molecule has 20 heavy (non-hydrogen) atoms. The summed E-state index contributed by atoms with van der Waals surface area (Å²) >= 11 is 0. The lowest BCUT2D eigenvalue weighted by Crippen LogP contribution is -2.30. The fourth-order valence-corrected chi connectivity index (χ4v) is 2.48. The second kappa shape index (κ2) is 4.89. The molecule has 0 atom stereocenters. The third-order valence-corrected chi connectivity index (χ3v) is 3.51. The zero-order valence-electron chi connectivity index (χ0n) is 11.4. The molecule has 0 aliphatic carbocycles. The van der Waals surface area contributed by atoms with Crippen molar-refractivity contribution < 1.29 is 4.79 Å². The largest absolute Gasteiger partial charge is 0.399 e. The molecule has 1 aliphatic heterocycles. The average molecular weight is 267 g/mol. The van der Waals surface area contributed by atoms with Gasteiger partial charge in [0.15, 0.2) is 0 Å². The molecule has 2 aromatic carbocycles. The van der Waals surface area contributed by atoms with Gasteiger partial charge < -0.3 is 16.0 Å². The number of nitrogens with two attached hydrogens (primary N) is 1. The van der Waals surface area contributed by atoms with E-state index < -0.39 is 0 Å². The molecule has 0 spiro atoms. The maximum atomic E-state index is 12.3. The van der Waals surface area contributed by atoms with Crippen molar-refractivity contribution in [2.45, 2.75) is 20.0 Å². The van der Waals surface area contributed by atoms with Gasteiger partial charge in [-0.15, -0.1) is 0 Å². The number of benzene rings is 2. The number of anilines is 2. The zero-order valence-corrected chi connectivity index (χ0v) is 11.4. The molecule has 3 rings (SSSR count). The number of carbonyl (C=O) groups excluding carboxylic acids is 1. The van der Waals surface area contributed by atoms with E-state index in [0.717, 1.165) is 22.5 Å². The minimum absolute atomic E-state index is 0.0784. The van der Waals surface area contributed by atoms with Crippen molar-refractivity contribution in [2.24, 2.45) is 0 Å². The number of fused-ring (bicyclic) bond motifs is 1. The molecule has 0 fully saturated rings. The summed E-state index contributed by atoms with van der Waals surface area (Å²) in [6, 6.07) is 13.5. The fraction of sp³-hybridized carbons (Fsp3) is 0.188. The van der Waals surface area contributed by atoms with Crippen molar-refractivity contribution in [3.05, 3.63) is 59.2 Å². The van der Waals surface area contributed by atoms with Crippen molar-refractivity contribution in [2.75, 3.05) is 11.1 Å². The van der Waals surface area contributed by atoms with E-state index in [9.17, 15) is 4.79 Å². The van der Waals surface area contributed by atoms with Crippen LogP contribution < -0.4 is 11.1 Å². The van der Waals surface area contributed by atoms with Crippen LogP contribution in [0.3, 0.4) is 0 Å². The van der Waals surface area contributed by atoms with Crippen LogP contribution in [0.15, 0.2) is 42.5 Å². The van der Waals surface area contributed by atoms with Gasteiger partial charge in [-0.1, -0.05) is 18.2 Å². The molecule has 0 saturated heterocycles. The second-order valence-electron chi connectivity index (χ2n) is 5.18. The van der Waals surface area contributed by atoms with Crippen LogP contribution in [0.5, 0.6) is 0 Å². The first-order valence-electron chi connectivity index (χ1n) is 6.62. The molecule has 3 N–H and O–H groups in total. The van der Waals surface area contributed by atoms with Crippen LogP contribution in [0.4, 0.5) is 16.2 Å². The van der Waals surface area contributed by atoms with Gasteiger partial charge in [0.25, 0.3) is 0 Å². The summed E-state index contributed by atoms with van der Waals surface area (Å²) in [5, 5.41) is 2.93. The van der Waals surface area contributed by atoms with Gasteiger partial charge in [0.1, 0.15) is 0 Å². The lowest BCUT2D eigenvalue weighted by atomic mass is 10.1. The van der Waals surface area contributed by atoms with Gasteiger partial charge in [0, 0.05) is 24.5 Å². The molecule has 0 unspecified atom stereocenters. The highest BCUT2D eigenvalue weighted by molar-refractivity contribution is 5.89. The van der Waals surface area contributed by atoms with Crippen LogP contribution in [-0.2, 0) is 13.1 Å². The van der Waals surface area contributed by atoms with Crippen molar-refractivity contribution in [3.63, 3.8) is 0 Å². The summed E-state index contributed by atoms with van der Waals surface area (Å²) in [4.78, 5) is 14.0. The minimum Gasteiger partial charge on any atom is -0.399 e. The van der Waals surface area contributed by atoms with Gasteiger partial charge in [-0.3, -0.25) is 0 Å². The Hall–Kier alpha value is -2.49. The summed E-state index contributed by atoms with van der Waals surface area (Å²) in [6.45, 7) is 3.25. The third-order valence-electron chi connectivity index (χ3n) is 3.51. The number of carbonyl (C=O) groups is 1. The topological polar surface area (TPSA) is 58.4 Å². The lowest BCUT2D eigenvalue weighted by molar-refractivity contribution is 0.212. The summed E-state index contributed by atoms with van der Waals surface area (Å²) in [5.74, 6) is 0. The van der Waals surface area contributed by atoms with Crippen molar-refractivity contribution in [1.29, 1.82) is 0 Å². The monoisotopic (exact) mass is 267 g/mol. The molecule has 1 heterocycles. The van der Waals surface area contributed by atoms with E-state index in [1.165, 1.54) is 5.56 Å². The number of hydrogen-bond donors (Lipinski definition) is 2. The van der Waals surface area contributed by atoms with Crippen LogP contribution in [0.2, 0.25) is 0 Å². The Morgan fingerprint density at radius 2 is 1.95 bits per heavy atom. The standard InChI is InChI=1S/C16H17N3O/c1-11-3-2-4-15(7-11)18-16(20)19-9-12-5-6-14(17)8-13(12)10-19/h2-8H,9-10,17H2,1H3,(H,18,20). The predicted molar refractivity (Wildman–Crippen MR) is 80.3 cm³/mol. The molecule has 0 aromatic heterocycles. The average Bonchev–Trinajstić information content (AvgIpc) is 2.81. The first-order chi connectivity index (χ1) is 9.61. The number of urea groups is 1. The molecule has 4 nitrogen and oxygen atoms in total. The molecule has 0 bridgehead atoms. The van der Waals surface area contributed by atoms with Gasteiger partial charge in [-0.2, -0.15) is 0 Å². The van der Waals surface area contributed by atoms with Crippen molar-refractivity contribution >= 4 is 17.4 Å². The van der Waals surface area contributed by atoms with Crippen LogP contribution >= 0.6 is 0 Å². The van der Waals surface area contributed by atoms with Crippen LogP contribution in [-0.4, -0.2) is 10.9 Å². The minimum atomic E-state index is -0.0784. The number of nitrogens with zero attached hydrogens (tertiary/aromatic N) is 1. The number of nitrogen functional groups attached to an aromatic ring is 1. The molecule has 2 amide bonds. The van der Waals surface area contributed by atoms with E-state index in [1.807, 2.05) is 49.4 Å². The van der Waals surface area contributed by atoms with E-state index in [2.05, 4.69) is 5.32 Å². The van der Waals surface area contributed by atoms with Crippen LogP contribution in [0.1, 0.15) is 16.7 Å². The van der Waals surface area contributed by atoms with E-state index in [0.29, 0.717) is 13.1 Å². The van der Waals surface area contributed by atoms with E-state index >= 15 is 0 Å². The molecule has 102 valence electrons. The first kappa shape index (κ1) is 12.5. The van der Waals surface area contributed by atoms with Crippen molar-refractivity contribution in [1.82, 2.24) is 4.90 Å². The summed E-state index contributed by atoms with van der Waals surface area (Å²) in [6.07, 6.45) is 0. The highest BCUT2D eigenvalue weighted by Crippen LogP contribution is 2.25. The molecule has 0 saturated carbocycles. The Morgan fingerprint density at radius 1 is 1.15 bits per heavy atom. The maximum Gasteiger partial charge on any atom is 0.322 e. The van der Waals surface area contributed by atoms with Crippen LogP contribution in [0.25, 0.3) is 0 Å².